The van der Waals surface area contributed by atoms with Crippen molar-refractivity contribution in [2.45, 2.75) is 315 Å². The number of aliphatic hydroxyl groups is 2. The number of unbranched alkanes of at least 4 members (excludes halogenated alkanes) is 34. The second kappa shape index (κ2) is 50.3. The molecule has 0 spiro atoms. The summed E-state index contributed by atoms with van der Waals surface area (Å²) in [6.07, 6.45) is 58.1. The Kier molecular flexibility index (Phi) is 49.0. The summed E-state index contributed by atoms with van der Waals surface area (Å²) in [5.41, 5.74) is 0. The number of hydrogen-bond acceptors (Lipinski definition) is 5. The third kappa shape index (κ3) is 44.9. The van der Waals surface area contributed by atoms with Crippen molar-refractivity contribution < 1.29 is 24.5 Å². The van der Waals surface area contributed by atoms with Gasteiger partial charge in [0.15, 0.2) is 0 Å². The van der Waals surface area contributed by atoms with E-state index in [-0.39, 0.29) is 24.9 Å². The van der Waals surface area contributed by atoms with E-state index in [0.717, 1.165) is 57.8 Å². The van der Waals surface area contributed by atoms with Gasteiger partial charge in [-0.3, -0.25) is 9.59 Å². The Morgan fingerprint density at radius 2 is 0.774 bits per heavy atom. The normalized spacial score (nSPS) is 13.3. The molecule has 6 heteroatoms. The molecule has 3 N–H and O–H groups in total. The molecule has 366 valence electrons. The SMILES string of the molecule is CCCCCC/C=C\CCCCCCCC(CC(=O)NC(CO)C(O)CCCCCCCCCCCCCCC)OC(=O)CCCCCCCCC/C=C/CCCCCCCC. The lowest BCUT2D eigenvalue weighted by Crippen LogP contribution is -2.46. The second-order valence-electron chi connectivity index (χ2n) is 19.0. The maximum absolute atomic E-state index is 13.2. The number of ether oxygens (including phenoxy) is 1. The van der Waals surface area contributed by atoms with Crippen LogP contribution in [0.2, 0.25) is 0 Å². The lowest BCUT2D eigenvalue weighted by atomic mass is 10.0. The van der Waals surface area contributed by atoms with E-state index in [2.05, 4.69) is 50.4 Å². The first-order valence-corrected chi connectivity index (χ1v) is 27.6. The molecule has 6 nitrogen and oxygen atoms in total. The van der Waals surface area contributed by atoms with Crippen molar-refractivity contribution in [3.8, 4) is 0 Å². The first-order chi connectivity index (χ1) is 30.5. The largest absolute Gasteiger partial charge is 0.462 e. The van der Waals surface area contributed by atoms with E-state index in [4.69, 9.17) is 4.74 Å². The zero-order valence-electron chi connectivity index (χ0n) is 41.8. The molecular weight excluding hydrogens is 767 g/mol. The quantitative estimate of drug-likeness (QED) is 0.0321. The first kappa shape index (κ1) is 60.3. The number of allylic oxidation sites excluding steroid dienone is 4. The molecule has 62 heavy (non-hydrogen) atoms. The smallest absolute Gasteiger partial charge is 0.306 e. The van der Waals surface area contributed by atoms with Gasteiger partial charge >= 0.3 is 5.97 Å². The van der Waals surface area contributed by atoms with Crippen molar-refractivity contribution >= 4 is 11.9 Å². The van der Waals surface area contributed by atoms with Gasteiger partial charge in [0, 0.05) is 6.42 Å². The minimum Gasteiger partial charge on any atom is -0.462 e. The molecule has 0 bridgehead atoms. The van der Waals surface area contributed by atoms with Crippen LogP contribution in [0.3, 0.4) is 0 Å². The number of nitrogens with one attached hydrogen (secondary N) is 1. The molecule has 0 aliphatic heterocycles. The third-order valence-corrected chi connectivity index (χ3v) is 12.8. The maximum atomic E-state index is 13.2. The van der Waals surface area contributed by atoms with Crippen molar-refractivity contribution in [2.24, 2.45) is 0 Å². The van der Waals surface area contributed by atoms with Gasteiger partial charge in [-0.05, 0) is 77.0 Å². The number of esters is 1. The predicted molar refractivity (Wildman–Crippen MR) is 269 cm³/mol. The zero-order chi connectivity index (χ0) is 45.2. The lowest BCUT2D eigenvalue weighted by Gasteiger charge is -2.24. The predicted octanol–water partition coefficient (Wildman–Crippen LogP) is 16.7. The maximum Gasteiger partial charge on any atom is 0.306 e. The summed E-state index contributed by atoms with van der Waals surface area (Å²) in [6.45, 7) is 6.49. The van der Waals surface area contributed by atoms with Gasteiger partial charge < -0.3 is 20.3 Å². The summed E-state index contributed by atoms with van der Waals surface area (Å²) >= 11 is 0. The molecule has 0 saturated carbocycles. The van der Waals surface area contributed by atoms with Gasteiger partial charge in [-0.25, -0.2) is 0 Å². The summed E-state index contributed by atoms with van der Waals surface area (Å²) in [4.78, 5) is 26.2. The Balaban J connectivity index is 4.53. The molecular formula is C56H107NO5. The highest BCUT2D eigenvalue weighted by molar-refractivity contribution is 5.77. The number of carbonyl (C=O) groups excluding carboxylic acids is 2. The molecule has 0 fully saturated rings. The van der Waals surface area contributed by atoms with Crippen LogP contribution in [0.25, 0.3) is 0 Å². The molecule has 3 unspecified atom stereocenters. The fraction of sp³-hybridized carbons (Fsp3) is 0.893. The van der Waals surface area contributed by atoms with Crippen LogP contribution >= 0.6 is 0 Å². The molecule has 0 aromatic heterocycles. The van der Waals surface area contributed by atoms with Gasteiger partial charge in [-0.1, -0.05) is 231 Å². The van der Waals surface area contributed by atoms with Crippen LogP contribution in [0.15, 0.2) is 24.3 Å². The van der Waals surface area contributed by atoms with Gasteiger partial charge in [0.05, 0.1) is 25.2 Å². The van der Waals surface area contributed by atoms with Crippen molar-refractivity contribution in [3.05, 3.63) is 24.3 Å². The van der Waals surface area contributed by atoms with Crippen molar-refractivity contribution in [2.75, 3.05) is 6.61 Å². The van der Waals surface area contributed by atoms with Crippen LogP contribution in [0.5, 0.6) is 0 Å². The number of amides is 1. The summed E-state index contributed by atoms with van der Waals surface area (Å²) in [5.74, 6) is -0.473. The van der Waals surface area contributed by atoms with Crippen molar-refractivity contribution in [3.63, 3.8) is 0 Å². The number of hydrogen-bond donors (Lipinski definition) is 3. The van der Waals surface area contributed by atoms with Crippen LogP contribution in [0.1, 0.15) is 297 Å². The van der Waals surface area contributed by atoms with E-state index in [9.17, 15) is 19.8 Å². The molecule has 0 aromatic carbocycles. The summed E-state index contributed by atoms with van der Waals surface area (Å²) in [5, 5.41) is 23.8. The molecule has 0 radical (unpaired) electrons. The third-order valence-electron chi connectivity index (χ3n) is 12.8. The van der Waals surface area contributed by atoms with E-state index in [0.29, 0.717) is 19.3 Å². The Morgan fingerprint density at radius 3 is 1.16 bits per heavy atom. The highest BCUT2D eigenvalue weighted by Crippen LogP contribution is 2.18. The molecule has 0 aliphatic carbocycles. The number of carbonyl (C=O) groups is 2. The molecule has 3 atom stereocenters. The number of rotatable bonds is 50. The molecule has 0 aromatic rings. The number of aliphatic hydroxyl groups excluding tert-OH is 2. The average molecular weight is 874 g/mol. The van der Waals surface area contributed by atoms with Gasteiger partial charge in [0.25, 0.3) is 0 Å². The monoisotopic (exact) mass is 874 g/mol. The highest BCUT2D eigenvalue weighted by Gasteiger charge is 2.24. The Morgan fingerprint density at radius 1 is 0.452 bits per heavy atom. The Hall–Kier alpha value is -1.66. The minimum atomic E-state index is -0.787. The van der Waals surface area contributed by atoms with E-state index in [1.165, 1.54) is 193 Å². The summed E-state index contributed by atoms with van der Waals surface area (Å²) < 4.78 is 5.95. The van der Waals surface area contributed by atoms with Crippen LogP contribution in [0.4, 0.5) is 0 Å². The van der Waals surface area contributed by atoms with E-state index >= 15 is 0 Å². The topological polar surface area (TPSA) is 95.9 Å². The van der Waals surface area contributed by atoms with Crippen molar-refractivity contribution in [1.82, 2.24) is 5.32 Å². The average Bonchev–Trinajstić information content (AvgIpc) is 3.26. The second-order valence-corrected chi connectivity index (χ2v) is 19.0. The standard InChI is InChI=1S/C56H107NO5/c1-4-7-10-13-16-19-22-25-26-27-28-31-34-37-40-43-46-49-56(61)62-52(47-44-41-38-35-32-29-23-20-17-14-11-8-5-2)50-55(60)57-53(51-58)54(59)48-45-42-39-36-33-30-24-21-18-15-12-9-6-3/h20,23,25-26,52-54,58-59H,4-19,21-22,24,27-51H2,1-3H3,(H,57,60)/b23-20-,26-25+. The van der Waals surface area contributed by atoms with Gasteiger partial charge in [-0.15, -0.1) is 0 Å². The fourth-order valence-corrected chi connectivity index (χ4v) is 8.54. The fourth-order valence-electron chi connectivity index (χ4n) is 8.54. The van der Waals surface area contributed by atoms with Crippen LogP contribution in [-0.4, -0.2) is 46.9 Å². The first-order valence-electron chi connectivity index (χ1n) is 27.6. The molecule has 0 heterocycles. The van der Waals surface area contributed by atoms with Gasteiger partial charge in [-0.2, -0.15) is 0 Å². The van der Waals surface area contributed by atoms with Crippen molar-refractivity contribution in [1.29, 1.82) is 0 Å². The van der Waals surface area contributed by atoms with Crippen LogP contribution in [0, 0.1) is 0 Å². The summed E-state index contributed by atoms with van der Waals surface area (Å²) in [6, 6.07) is -0.701. The van der Waals surface area contributed by atoms with Crippen LogP contribution < -0.4 is 5.32 Å². The highest BCUT2D eigenvalue weighted by atomic mass is 16.5. The van der Waals surface area contributed by atoms with E-state index in [1.807, 2.05) is 0 Å². The Labute approximate surface area is 386 Å². The molecule has 0 aliphatic rings. The molecule has 1 amide bonds. The zero-order valence-corrected chi connectivity index (χ0v) is 41.8. The minimum absolute atomic E-state index is 0.0744. The van der Waals surface area contributed by atoms with E-state index < -0.39 is 18.2 Å². The van der Waals surface area contributed by atoms with E-state index in [1.54, 1.807) is 0 Å². The molecule has 0 saturated heterocycles. The van der Waals surface area contributed by atoms with Gasteiger partial charge in [0.1, 0.15) is 6.10 Å². The molecule has 0 rings (SSSR count). The lowest BCUT2D eigenvalue weighted by molar-refractivity contribution is -0.151. The van der Waals surface area contributed by atoms with Crippen LogP contribution in [-0.2, 0) is 14.3 Å². The Bertz CT molecular complexity index is 981. The van der Waals surface area contributed by atoms with Gasteiger partial charge in [0.2, 0.25) is 5.91 Å². The summed E-state index contributed by atoms with van der Waals surface area (Å²) in [7, 11) is 0.